The molecule has 0 radical (unpaired) electrons. The molecule has 0 bridgehead atoms. The zero-order valence-electron chi connectivity index (χ0n) is 4.57. The van der Waals surface area contributed by atoms with Crippen molar-refractivity contribution >= 4 is 72.7 Å². The molecule has 1 unspecified atom stereocenters. The molecule has 0 spiro atoms. The smallest absolute Gasteiger partial charge is 0.316 e. The number of carboxylic acids is 2. The van der Waals surface area contributed by atoms with E-state index in [0.717, 1.165) is 0 Å². The Balaban J connectivity index is -0.000000320. The molecule has 0 aromatic rings. The number of hydrogen-bond donors (Lipinski definition) is 3. The Labute approximate surface area is 109 Å². The second-order valence-electron chi connectivity index (χ2n) is 1.54. The molecular weight excluding hydrogens is 190 g/mol. The van der Waals surface area contributed by atoms with Crippen LogP contribution in [0.15, 0.2) is 0 Å². The van der Waals surface area contributed by atoms with Crippen LogP contribution in [0.5, 0.6) is 0 Å². The largest absolute Gasteiger partial charge is 0.316 e. The van der Waals surface area contributed by atoms with Gasteiger partial charge in [0.1, 0.15) is 6.04 Å². The molecule has 4 N–H and O–H groups in total. The second kappa shape index (κ2) is 9.02. The van der Waals surface area contributed by atoms with Crippen molar-refractivity contribution in [2.24, 2.45) is 5.73 Å². The van der Waals surface area contributed by atoms with Crippen molar-refractivity contribution in [1.82, 2.24) is 0 Å². The van der Waals surface area contributed by atoms with E-state index in [9.17, 15) is 9.59 Å². The predicted octanol–water partition coefficient (Wildman–Crippen LogP) is -2.96. The van der Waals surface area contributed by atoms with Crippen molar-refractivity contribution in [3.8, 4) is 0 Å². The summed E-state index contributed by atoms with van der Waals surface area (Å²) in [4.78, 5) is 19.6. The summed E-state index contributed by atoms with van der Waals surface area (Å²) in [5.74, 6) is -2.50. The van der Waals surface area contributed by atoms with Crippen LogP contribution in [0.3, 0.4) is 0 Å². The fourth-order valence-electron chi connectivity index (χ4n) is 0.275. The van der Waals surface area contributed by atoms with Crippen molar-refractivity contribution in [2.45, 2.75) is 12.5 Å². The minimum atomic E-state index is -1.29. The minimum absolute atomic E-state index is 0. The van der Waals surface area contributed by atoms with Gasteiger partial charge in [0.15, 0.2) is 0 Å². The van der Waals surface area contributed by atoms with Gasteiger partial charge in [-0.2, -0.15) is 0 Å². The standard InChI is InChI=1S/C4H7NO4.Ca.Mg.4H/c5-2(4(8)9)1-3(6)7;;;;;;/h2H,1,5H2,(H,6,7)(H,8,9);;;;;;. The molecule has 7 heteroatoms. The first-order valence-corrected chi connectivity index (χ1v) is 2.24. The fourth-order valence-corrected chi connectivity index (χ4v) is 0.275. The first kappa shape index (κ1) is 17.9. The van der Waals surface area contributed by atoms with E-state index in [0.29, 0.717) is 0 Å². The van der Waals surface area contributed by atoms with E-state index in [-0.39, 0.29) is 60.8 Å². The molecule has 11 heavy (non-hydrogen) atoms. The van der Waals surface area contributed by atoms with Gasteiger partial charge in [-0.15, -0.1) is 0 Å². The summed E-state index contributed by atoms with van der Waals surface area (Å²) in [6, 6.07) is -1.29. The molecule has 0 aliphatic heterocycles. The maximum Gasteiger partial charge on any atom is 0.316 e. The molecule has 60 valence electrons. The SMILES string of the molecule is NC(CC(=O)O)C(=O)O.[CaH2].[MgH2]. The van der Waals surface area contributed by atoms with Crippen LogP contribution in [-0.2, 0) is 9.59 Å². The van der Waals surface area contributed by atoms with Gasteiger partial charge < -0.3 is 15.9 Å². The predicted molar refractivity (Wildman–Crippen MR) is 45.0 cm³/mol. The Morgan fingerprint density at radius 1 is 1.36 bits per heavy atom. The monoisotopic (exact) mass is 201 g/mol. The summed E-state index contributed by atoms with van der Waals surface area (Å²) in [7, 11) is 0. The summed E-state index contributed by atoms with van der Waals surface area (Å²) in [6.07, 6.45) is -0.532. The van der Waals surface area contributed by atoms with Crippen LogP contribution in [0.2, 0.25) is 0 Å². The summed E-state index contributed by atoms with van der Waals surface area (Å²) in [6.45, 7) is 0. The number of nitrogens with two attached hydrogens (primary N) is 1. The maximum absolute atomic E-state index is 9.85. The van der Waals surface area contributed by atoms with Gasteiger partial charge >= 0.3 is 72.7 Å². The van der Waals surface area contributed by atoms with E-state index < -0.39 is 24.4 Å². The van der Waals surface area contributed by atoms with Crippen LogP contribution in [0.4, 0.5) is 0 Å². The normalized spacial score (nSPS) is 10.3. The molecule has 0 aliphatic rings. The first-order valence-electron chi connectivity index (χ1n) is 2.24. The van der Waals surface area contributed by atoms with E-state index in [2.05, 4.69) is 0 Å². The third kappa shape index (κ3) is 10.9. The number of aliphatic carboxylic acids is 2. The van der Waals surface area contributed by atoms with Crippen LogP contribution in [0.25, 0.3) is 0 Å². The number of carboxylic acid groups (broad SMARTS) is 2. The van der Waals surface area contributed by atoms with Crippen LogP contribution in [-0.4, -0.2) is 89.0 Å². The van der Waals surface area contributed by atoms with Crippen molar-refractivity contribution in [3.05, 3.63) is 0 Å². The zero-order valence-corrected chi connectivity index (χ0v) is 4.57. The van der Waals surface area contributed by atoms with Gasteiger partial charge in [-0.05, 0) is 0 Å². The molecule has 0 heterocycles. The topological polar surface area (TPSA) is 101 Å². The molecular formula is C4H11CaMgNO4. The van der Waals surface area contributed by atoms with E-state index in [4.69, 9.17) is 15.9 Å². The number of carbonyl (C=O) groups is 2. The summed E-state index contributed by atoms with van der Waals surface area (Å²) < 4.78 is 0. The minimum Gasteiger partial charge on any atom is 0.316 e. The van der Waals surface area contributed by atoms with Gasteiger partial charge in [0.05, 0.1) is 6.42 Å². The molecule has 0 aliphatic carbocycles. The van der Waals surface area contributed by atoms with Gasteiger partial charge in [-0.1, -0.05) is 0 Å². The Kier molecular flexibility index (Phi) is 14.6. The summed E-state index contributed by atoms with van der Waals surface area (Å²) in [5, 5.41) is 16.0. The molecule has 0 fully saturated rings. The molecule has 5 nitrogen and oxygen atoms in total. The van der Waals surface area contributed by atoms with E-state index in [1.165, 1.54) is 0 Å². The molecule has 0 amide bonds. The number of hydrogen-bond acceptors (Lipinski definition) is 3. The van der Waals surface area contributed by atoms with Crippen LogP contribution >= 0.6 is 0 Å². The van der Waals surface area contributed by atoms with Gasteiger partial charge in [0, 0.05) is 0 Å². The van der Waals surface area contributed by atoms with E-state index in [1.54, 1.807) is 0 Å². The first-order chi connectivity index (χ1) is 4.04. The summed E-state index contributed by atoms with van der Waals surface area (Å²) in [5.41, 5.74) is 4.84. The number of rotatable bonds is 3. The van der Waals surface area contributed by atoms with E-state index >= 15 is 0 Å². The van der Waals surface area contributed by atoms with Crippen LogP contribution in [0.1, 0.15) is 6.42 Å². The molecule has 0 aromatic carbocycles. The van der Waals surface area contributed by atoms with E-state index in [1.807, 2.05) is 0 Å². The Bertz CT molecular complexity index is 142. The van der Waals surface area contributed by atoms with Crippen LogP contribution in [0, 0.1) is 0 Å². The molecule has 0 saturated heterocycles. The second-order valence-corrected chi connectivity index (χ2v) is 1.54. The Hall–Kier alpha value is 0.926. The van der Waals surface area contributed by atoms with Crippen molar-refractivity contribution in [2.75, 3.05) is 0 Å². The average Bonchev–Trinajstić information content (AvgIpc) is 1.63. The molecule has 1 atom stereocenters. The quantitative estimate of drug-likeness (QED) is 0.424. The molecule has 0 aromatic heterocycles. The Morgan fingerprint density at radius 2 is 1.73 bits per heavy atom. The molecule has 0 saturated carbocycles. The maximum atomic E-state index is 9.85. The Morgan fingerprint density at radius 3 is 1.82 bits per heavy atom. The van der Waals surface area contributed by atoms with Gasteiger partial charge in [-0.3, -0.25) is 9.59 Å². The summed E-state index contributed by atoms with van der Waals surface area (Å²) >= 11 is 0. The van der Waals surface area contributed by atoms with Gasteiger partial charge in [0.25, 0.3) is 0 Å². The fraction of sp³-hybridized carbons (Fsp3) is 0.500. The van der Waals surface area contributed by atoms with Crippen molar-refractivity contribution < 1.29 is 19.8 Å². The van der Waals surface area contributed by atoms with Crippen molar-refractivity contribution in [1.29, 1.82) is 0 Å². The van der Waals surface area contributed by atoms with Crippen LogP contribution < -0.4 is 5.73 Å². The van der Waals surface area contributed by atoms with Crippen molar-refractivity contribution in [3.63, 3.8) is 0 Å². The third-order valence-electron chi connectivity index (χ3n) is 0.712. The third-order valence-corrected chi connectivity index (χ3v) is 0.712. The average molecular weight is 202 g/mol. The molecule has 0 rings (SSSR count). The van der Waals surface area contributed by atoms with Gasteiger partial charge in [0.2, 0.25) is 0 Å². The zero-order chi connectivity index (χ0) is 7.44. The van der Waals surface area contributed by atoms with Gasteiger partial charge in [-0.25, -0.2) is 0 Å².